The van der Waals surface area contributed by atoms with E-state index in [1.54, 1.807) is 11.6 Å². The highest BCUT2D eigenvalue weighted by Crippen LogP contribution is 2.37. The van der Waals surface area contributed by atoms with E-state index in [1.165, 1.54) is 75.5 Å². The van der Waals surface area contributed by atoms with E-state index in [4.69, 9.17) is 5.26 Å². The van der Waals surface area contributed by atoms with Gasteiger partial charge in [0.25, 0.3) is 0 Å². The van der Waals surface area contributed by atoms with Gasteiger partial charge in [-0.25, -0.2) is 0 Å². The van der Waals surface area contributed by atoms with Crippen molar-refractivity contribution in [2.45, 2.75) is 83.5 Å². The minimum Gasteiger partial charge on any atom is -0.195 e. The van der Waals surface area contributed by atoms with Gasteiger partial charge in [0.15, 0.2) is 5.83 Å². The normalized spacial score (nSPS) is 27.6. The van der Waals surface area contributed by atoms with E-state index in [0.717, 1.165) is 36.5 Å². The maximum atomic E-state index is 12.7. The average Bonchev–Trinajstić information content (AvgIpc) is 2.83. The second kappa shape index (κ2) is 12.7. The Labute approximate surface area is 188 Å². The first-order valence-electron chi connectivity index (χ1n) is 12.4. The molecule has 1 aromatic carbocycles. The standard InChI is InChI=1S/C29H38FN/c1-2-23-14-18-27(19-15-23)28-20-16-26(17-21-28)13-12-25-10-8-24(9-11-25)6-4-3-5-7-29(30)22-31/h3,5,7,12-15,18-19,24-26,28H,2,4,6,8-11,16-17,20-21H2,1H3. The third kappa shape index (κ3) is 7.80. The van der Waals surface area contributed by atoms with Gasteiger partial charge >= 0.3 is 0 Å². The van der Waals surface area contributed by atoms with Crippen molar-refractivity contribution in [3.05, 3.63) is 71.6 Å². The molecule has 166 valence electrons. The van der Waals surface area contributed by atoms with E-state index in [-0.39, 0.29) is 0 Å². The molecule has 0 atom stereocenters. The highest BCUT2D eigenvalue weighted by Gasteiger charge is 2.22. The molecule has 0 amide bonds. The summed E-state index contributed by atoms with van der Waals surface area (Å²) in [5, 5.41) is 8.39. The summed E-state index contributed by atoms with van der Waals surface area (Å²) < 4.78 is 12.7. The van der Waals surface area contributed by atoms with Crippen LogP contribution in [0.2, 0.25) is 0 Å². The average molecular weight is 420 g/mol. The molecule has 1 aromatic rings. The first-order valence-corrected chi connectivity index (χ1v) is 12.4. The van der Waals surface area contributed by atoms with Crippen LogP contribution in [0.3, 0.4) is 0 Å². The summed E-state index contributed by atoms with van der Waals surface area (Å²) in [6, 6.07) is 10.8. The smallest absolute Gasteiger partial charge is 0.195 e. The first kappa shape index (κ1) is 23.5. The number of halogens is 1. The molecule has 0 N–H and O–H groups in total. The van der Waals surface area contributed by atoms with Crippen LogP contribution in [-0.4, -0.2) is 0 Å². The predicted octanol–water partition coefficient (Wildman–Crippen LogP) is 8.60. The van der Waals surface area contributed by atoms with Gasteiger partial charge in [-0.05, 0) is 112 Å². The maximum absolute atomic E-state index is 12.7. The largest absolute Gasteiger partial charge is 0.199 e. The van der Waals surface area contributed by atoms with Crippen molar-refractivity contribution in [2.75, 3.05) is 0 Å². The molecule has 0 saturated heterocycles. The van der Waals surface area contributed by atoms with Crippen molar-refractivity contribution in [2.24, 2.45) is 17.8 Å². The van der Waals surface area contributed by atoms with Crippen LogP contribution in [0, 0.1) is 29.1 Å². The fraction of sp³-hybridized carbons (Fsp3) is 0.552. The van der Waals surface area contributed by atoms with Crippen molar-refractivity contribution in [3.8, 4) is 6.07 Å². The van der Waals surface area contributed by atoms with Crippen molar-refractivity contribution in [1.29, 1.82) is 5.26 Å². The molecule has 3 rings (SSSR count). The monoisotopic (exact) mass is 419 g/mol. The second-order valence-corrected chi connectivity index (χ2v) is 9.50. The molecular weight excluding hydrogens is 381 g/mol. The van der Waals surface area contributed by atoms with Gasteiger partial charge in [0, 0.05) is 0 Å². The molecule has 0 bridgehead atoms. The minimum absolute atomic E-state index is 0.720. The Bertz CT molecular complexity index is 779. The lowest BCUT2D eigenvalue weighted by molar-refractivity contribution is 0.295. The third-order valence-electron chi connectivity index (χ3n) is 7.41. The van der Waals surface area contributed by atoms with Crippen LogP contribution in [0.1, 0.15) is 88.2 Å². The van der Waals surface area contributed by atoms with Gasteiger partial charge in [-0.1, -0.05) is 55.5 Å². The molecule has 0 aliphatic heterocycles. The molecule has 0 unspecified atom stereocenters. The van der Waals surface area contributed by atoms with Crippen molar-refractivity contribution < 1.29 is 4.39 Å². The van der Waals surface area contributed by atoms with E-state index in [9.17, 15) is 4.39 Å². The van der Waals surface area contributed by atoms with Crippen LogP contribution in [-0.2, 0) is 6.42 Å². The number of allylic oxidation sites excluding steroid dienone is 6. The molecule has 2 saturated carbocycles. The van der Waals surface area contributed by atoms with Gasteiger partial charge in [0.1, 0.15) is 6.07 Å². The number of hydrogen-bond donors (Lipinski definition) is 0. The Morgan fingerprint density at radius 3 is 2.16 bits per heavy atom. The second-order valence-electron chi connectivity index (χ2n) is 9.50. The van der Waals surface area contributed by atoms with E-state index >= 15 is 0 Å². The Balaban J connectivity index is 1.33. The van der Waals surface area contributed by atoms with E-state index < -0.39 is 5.83 Å². The lowest BCUT2D eigenvalue weighted by Gasteiger charge is -2.29. The fourth-order valence-corrected chi connectivity index (χ4v) is 5.27. The number of aryl methyl sites for hydroxylation is 1. The van der Waals surface area contributed by atoms with E-state index in [0.29, 0.717) is 0 Å². The van der Waals surface area contributed by atoms with Gasteiger partial charge in [0.2, 0.25) is 0 Å². The summed E-state index contributed by atoms with van der Waals surface area (Å²) in [5.74, 6) is 2.37. The maximum Gasteiger partial charge on any atom is 0.199 e. The van der Waals surface area contributed by atoms with Crippen LogP contribution in [0.25, 0.3) is 0 Å². The third-order valence-corrected chi connectivity index (χ3v) is 7.41. The molecule has 0 spiro atoms. The Kier molecular flexibility index (Phi) is 9.60. The highest BCUT2D eigenvalue weighted by atomic mass is 19.1. The van der Waals surface area contributed by atoms with Crippen molar-refractivity contribution in [3.63, 3.8) is 0 Å². The van der Waals surface area contributed by atoms with Gasteiger partial charge in [-0.2, -0.15) is 9.65 Å². The first-order chi connectivity index (χ1) is 15.2. The number of hydrogen-bond acceptors (Lipinski definition) is 1. The summed E-state index contributed by atoms with van der Waals surface area (Å²) in [6.45, 7) is 2.22. The SMILES string of the molecule is CCc1ccc(C2CCC(C=CC3CCC(CCC=CC=C(F)C#N)CC3)CC2)cc1. The van der Waals surface area contributed by atoms with Crippen molar-refractivity contribution >= 4 is 0 Å². The molecule has 1 nitrogen and oxygen atoms in total. The quantitative estimate of drug-likeness (QED) is 0.235. The lowest BCUT2D eigenvalue weighted by atomic mass is 9.77. The number of nitriles is 1. The van der Waals surface area contributed by atoms with Crippen LogP contribution < -0.4 is 0 Å². The molecule has 2 fully saturated rings. The Morgan fingerprint density at radius 1 is 0.968 bits per heavy atom. The Morgan fingerprint density at radius 2 is 1.58 bits per heavy atom. The van der Waals surface area contributed by atoms with Crippen LogP contribution in [0.15, 0.2) is 60.5 Å². The van der Waals surface area contributed by atoms with E-state index in [2.05, 4.69) is 43.3 Å². The number of nitrogens with zero attached hydrogens (tertiary/aromatic N) is 1. The molecule has 2 heteroatoms. The van der Waals surface area contributed by atoms with Gasteiger partial charge in [0.05, 0.1) is 0 Å². The minimum atomic E-state index is -0.720. The molecule has 0 radical (unpaired) electrons. The predicted molar refractivity (Wildman–Crippen MR) is 128 cm³/mol. The zero-order valence-electron chi connectivity index (χ0n) is 19.1. The van der Waals surface area contributed by atoms with E-state index in [1.807, 2.05) is 6.08 Å². The summed E-state index contributed by atoms with van der Waals surface area (Å²) >= 11 is 0. The van der Waals surface area contributed by atoms with Crippen molar-refractivity contribution in [1.82, 2.24) is 0 Å². The lowest BCUT2D eigenvalue weighted by Crippen LogP contribution is -2.14. The van der Waals surface area contributed by atoms with Crippen LogP contribution >= 0.6 is 0 Å². The fourth-order valence-electron chi connectivity index (χ4n) is 5.27. The van der Waals surface area contributed by atoms with Gasteiger partial charge in [-0.3, -0.25) is 0 Å². The zero-order valence-corrected chi connectivity index (χ0v) is 19.1. The summed E-state index contributed by atoms with van der Waals surface area (Å²) in [7, 11) is 0. The summed E-state index contributed by atoms with van der Waals surface area (Å²) in [4.78, 5) is 0. The zero-order chi connectivity index (χ0) is 21.9. The molecule has 31 heavy (non-hydrogen) atoms. The van der Waals surface area contributed by atoms with Crippen LogP contribution in [0.5, 0.6) is 0 Å². The van der Waals surface area contributed by atoms with Gasteiger partial charge in [-0.15, -0.1) is 0 Å². The highest BCUT2D eigenvalue weighted by molar-refractivity contribution is 5.26. The van der Waals surface area contributed by atoms with Gasteiger partial charge < -0.3 is 0 Å². The molecular formula is C29H38FN. The topological polar surface area (TPSA) is 23.8 Å². The summed E-state index contributed by atoms with van der Waals surface area (Å²) in [5.41, 5.74) is 2.98. The number of benzene rings is 1. The number of rotatable bonds is 8. The summed E-state index contributed by atoms with van der Waals surface area (Å²) in [6.07, 6.45) is 23.8. The molecule has 2 aliphatic rings. The van der Waals surface area contributed by atoms with Crippen LogP contribution in [0.4, 0.5) is 4.39 Å². The molecule has 0 heterocycles. The molecule has 2 aliphatic carbocycles. The molecule has 0 aromatic heterocycles. The Hall–Kier alpha value is -2.14.